The second-order valence-electron chi connectivity index (χ2n) is 7.13. The molecule has 2 atom stereocenters. The molecule has 0 unspecified atom stereocenters. The highest BCUT2D eigenvalue weighted by Crippen LogP contribution is 2.56. The maximum atomic E-state index is 6.71. The van der Waals surface area contributed by atoms with Gasteiger partial charge in [-0.1, -0.05) is 42.5 Å². The number of rotatable bonds is 2. The normalized spacial score (nSPS) is 35.8. The van der Waals surface area contributed by atoms with Crippen molar-refractivity contribution in [2.24, 2.45) is 17.4 Å². The van der Waals surface area contributed by atoms with E-state index in [0.717, 1.165) is 25.7 Å². The molecule has 2 heteroatoms. The Bertz CT molecular complexity index is 655. The van der Waals surface area contributed by atoms with Crippen LogP contribution in [0.1, 0.15) is 43.6 Å². The molecule has 2 aromatic carbocycles. The summed E-state index contributed by atoms with van der Waals surface area (Å²) in [6, 6.07) is 15.9. The van der Waals surface area contributed by atoms with E-state index in [0.29, 0.717) is 17.9 Å². The molecular formula is C19H24N2. The molecule has 0 spiro atoms. The molecule has 4 rings (SSSR count). The van der Waals surface area contributed by atoms with Crippen LogP contribution in [-0.2, 0) is 0 Å². The van der Waals surface area contributed by atoms with Crippen LogP contribution in [0.3, 0.4) is 0 Å². The SMILES string of the molecule is NC1CCC(N)([C@@H]2C[C@H]2c2ccc3ccccc3c2)CC1. The van der Waals surface area contributed by atoms with E-state index in [1.165, 1.54) is 22.8 Å². The van der Waals surface area contributed by atoms with Crippen LogP contribution in [0.25, 0.3) is 10.8 Å². The molecule has 2 aliphatic rings. The predicted octanol–water partition coefficient (Wildman–Crippen LogP) is 3.54. The summed E-state index contributed by atoms with van der Waals surface area (Å²) in [5.74, 6) is 1.32. The van der Waals surface area contributed by atoms with Crippen molar-refractivity contribution in [1.82, 2.24) is 0 Å². The molecule has 0 amide bonds. The smallest absolute Gasteiger partial charge is 0.0190 e. The lowest BCUT2D eigenvalue weighted by Gasteiger charge is -2.36. The molecule has 0 bridgehead atoms. The zero-order valence-corrected chi connectivity index (χ0v) is 12.5. The van der Waals surface area contributed by atoms with Gasteiger partial charge in [0, 0.05) is 11.6 Å². The average Bonchev–Trinajstić information content (AvgIpc) is 3.31. The fourth-order valence-electron chi connectivity index (χ4n) is 4.19. The van der Waals surface area contributed by atoms with Crippen molar-refractivity contribution in [2.75, 3.05) is 0 Å². The average molecular weight is 280 g/mol. The van der Waals surface area contributed by atoms with Gasteiger partial charge in [0.05, 0.1) is 0 Å². The summed E-state index contributed by atoms with van der Waals surface area (Å²) >= 11 is 0. The summed E-state index contributed by atoms with van der Waals surface area (Å²) in [6.45, 7) is 0. The Morgan fingerprint density at radius 1 is 0.952 bits per heavy atom. The van der Waals surface area contributed by atoms with Gasteiger partial charge >= 0.3 is 0 Å². The topological polar surface area (TPSA) is 52.0 Å². The van der Waals surface area contributed by atoms with Gasteiger partial charge in [0.25, 0.3) is 0 Å². The Labute approximate surface area is 126 Å². The van der Waals surface area contributed by atoms with E-state index in [2.05, 4.69) is 42.5 Å². The monoisotopic (exact) mass is 280 g/mol. The zero-order chi connectivity index (χ0) is 14.4. The van der Waals surface area contributed by atoms with E-state index in [1.807, 2.05) is 0 Å². The van der Waals surface area contributed by atoms with Crippen molar-refractivity contribution >= 4 is 10.8 Å². The van der Waals surface area contributed by atoms with Crippen LogP contribution in [-0.4, -0.2) is 11.6 Å². The zero-order valence-electron chi connectivity index (χ0n) is 12.5. The van der Waals surface area contributed by atoms with E-state index < -0.39 is 0 Å². The van der Waals surface area contributed by atoms with Crippen LogP contribution < -0.4 is 11.5 Å². The highest BCUT2D eigenvalue weighted by molar-refractivity contribution is 5.83. The minimum atomic E-state index is 0.0339. The Balaban J connectivity index is 1.55. The Morgan fingerprint density at radius 3 is 2.43 bits per heavy atom. The van der Waals surface area contributed by atoms with Gasteiger partial charge in [0.2, 0.25) is 0 Å². The van der Waals surface area contributed by atoms with Crippen molar-refractivity contribution < 1.29 is 0 Å². The van der Waals surface area contributed by atoms with E-state index in [9.17, 15) is 0 Å². The minimum Gasteiger partial charge on any atom is -0.328 e. The quantitative estimate of drug-likeness (QED) is 0.884. The van der Waals surface area contributed by atoms with Gasteiger partial charge in [-0.25, -0.2) is 0 Å². The summed E-state index contributed by atoms with van der Waals surface area (Å²) in [5, 5.41) is 2.67. The van der Waals surface area contributed by atoms with E-state index in [4.69, 9.17) is 11.5 Å². The summed E-state index contributed by atoms with van der Waals surface area (Å²) in [6.07, 6.45) is 5.64. The predicted molar refractivity (Wildman–Crippen MR) is 88.2 cm³/mol. The van der Waals surface area contributed by atoms with Gasteiger partial charge in [-0.05, 0) is 60.3 Å². The second kappa shape index (κ2) is 4.82. The van der Waals surface area contributed by atoms with E-state index in [-0.39, 0.29) is 5.54 Å². The van der Waals surface area contributed by atoms with Gasteiger partial charge in [-0.15, -0.1) is 0 Å². The molecule has 2 saturated carbocycles. The Kier molecular flexibility index (Phi) is 3.05. The van der Waals surface area contributed by atoms with Gasteiger partial charge in [0.15, 0.2) is 0 Å². The van der Waals surface area contributed by atoms with Gasteiger partial charge in [-0.3, -0.25) is 0 Å². The number of hydrogen-bond donors (Lipinski definition) is 2. The Morgan fingerprint density at radius 2 is 1.67 bits per heavy atom. The van der Waals surface area contributed by atoms with Crippen molar-refractivity contribution in [3.05, 3.63) is 48.0 Å². The number of benzene rings is 2. The minimum absolute atomic E-state index is 0.0339. The highest BCUT2D eigenvalue weighted by atomic mass is 14.8. The molecule has 2 aliphatic carbocycles. The summed E-state index contributed by atoms with van der Waals surface area (Å²) in [5.41, 5.74) is 14.2. The van der Waals surface area contributed by atoms with Crippen molar-refractivity contribution in [1.29, 1.82) is 0 Å². The first-order chi connectivity index (χ1) is 10.2. The van der Waals surface area contributed by atoms with E-state index in [1.54, 1.807) is 0 Å². The number of hydrogen-bond acceptors (Lipinski definition) is 2. The van der Waals surface area contributed by atoms with Crippen LogP contribution in [0.5, 0.6) is 0 Å². The molecule has 0 aromatic heterocycles. The lowest BCUT2D eigenvalue weighted by Crippen LogP contribution is -2.48. The molecule has 21 heavy (non-hydrogen) atoms. The van der Waals surface area contributed by atoms with Crippen LogP contribution in [0.15, 0.2) is 42.5 Å². The highest BCUT2D eigenvalue weighted by Gasteiger charge is 2.51. The third-order valence-corrected chi connectivity index (χ3v) is 5.69. The molecule has 0 heterocycles. The standard InChI is InChI=1S/C19H24N2/c20-16-7-9-19(21,10-8-16)18-12-17(18)15-6-5-13-3-1-2-4-14(13)11-15/h1-6,11,16-18H,7-10,12,20-21H2/t16?,17-,18+,19?/m0/s1. The summed E-state index contributed by atoms with van der Waals surface area (Å²) in [7, 11) is 0. The lowest BCUT2D eigenvalue weighted by atomic mass is 9.76. The van der Waals surface area contributed by atoms with Crippen LogP contribution in [0.2, 0.25) is 0 Å². The van der Waals surface area contributed by atoms with Crippen molar-refractivity contribution in [2.45, 2.75) is 49.6 Å². The maximum absolute atomic E-state index is 6.71. The molecule has 110 valence electrons. The molecular weight excluding hydrogens is 256 g/mol. The van der Waals surface area contributed by atoms with Gasteiger partial charge in [0.1, 0.15) is 0 Å². The lowest BCUT2D eigenvalue weighted by molar-refractivity contribution is 0.239. The van der Waals surface area contributed by atoms with Crippen molar-refractivity contribution in [3.8, 4) is 0 Å². The van der Waals surface area contributed by atoms with Crippen LogP contribution >= 0.6 is 0 Å². The molecule has 2 aromatic rings. The molecule has 4 N–H and O–H groups in total. The van der Waals surface area contributed by atoms with Crippen LogP contribution in [0.4, 0.5) is 0 Å². The fraction of sp³-hybridized carbons (Fsp3) is 0.474. The first kappa shape index (κ1) is 13.3. The molecule has 2 nitrogen and oxygen atoms in total. The largest absolute Gasteiger partial charge is 0.328 e. The van der Waals surface area contributed by atoms with Crippen LogP contribution in [0, 0.1) is 5.92 Å². The molecule has 0 aliphatic heterocycles. The third-order valence-electron chi connectivity index (χ3n) is 5.69. The van der Waals surface area contributed by atoms with E-state index >= 15 is 0 Å². The maximum Gasteiger partial charge on any atom is 0.0190 e. The molecule has 2 fully saturated rings. The summed E-state index contributed by atoms with van der Waals surface area (Å²) < 4.78 is 0. The van der Waals surface area contributed by atoms with Gasteiger partial charge < -0.3 is 11.5 Å². The van der Waals surface area contributed by atoms with Gasteiger partial charge in [-0.2, -0.15) is 0 Å². The summed E-state index contributed by atoms with van der Waals surface area (Å²) in [4.78, 5) is 0. The number of fused-ring (bicyclic) bond motifs is 1. The molecule has 0 saturated heterocycles. The second-order valence-corrected chi connectivity index (χ2v) is 7.13. The van der Waals surface area contributed by atoms with Crippen molar-refractivity contribution in [3.63, 3.8) is 0 Å². The third kappa shape index (κ3) is 2.37. The molecule has 0 radical (unpaired) electrons. The fourth-order valence-corrected chi connectivity index (χ4v) is 4.19. The first-order valence-electron chi connectivity index (χ1n) is 8.19. The Hall–Kier alpha value is -1.38. The first-order valence-corrected chi connectivity index (χ1v) is 8.19. The number of nitrogens with two attached hydrogens (primary N) is 2.